The van der Waals surface area contributed by atoms with Crippen molar-refractivity contribution >= 4 is 17.3 Å². The van der Waals surface area contributed by atoms with Gasteiger partial charge in [0.2, 0.25) is 0 Å². The van der Waals surface area contributed by atoms with Gasteiger partial charge in [0.05, 0.1) is 0 Å². The topological polar surface area (TPSA) is 64.3 Å². The zero-order valence-corrected chi connectivity index (χ0v) is 13.2. The molecule has 0 aromatic heterocycles. The lowest BCUT2D eigenvalue weighted by Gasteiger charge is -2.18. The van der Waals surface area contributed by atoms with Gasteiger partial charge in [-0.1, -0.05) is 30.7 Å². The third-order valence-corrected chi connectivity index (χ3v) is 3.60. The first kappa shape index (κ1) is 15.9. The molecular weight excluding hydrogens is 276 g/mol. The molecule has 0 spiro atoms. The maximum absolute atomic E-state index is 12.4. The van der Waals surface area contributed by atoms with E-state index in [1.807, 2.05) is 63.2 Å². The number of carbonyl (C=O) groups excluding carboxylic acids is 1. The zero-order chi connectivity index (χ0) is 16.1. The number of nitrogens with two attached hydrogens (primary N) is 1. The van der Waals surface area contributed by atoms with Crippen LogP contribution in [0, 0.1) is 13.8 Å². The van der Waals surface area contributed by atoms with Crippen LogP contribution in [0.15, 0.2) is 42.5 Å². The summed E-state index contributed by atoms with van der Waals surface area (Å²) in [5.41, 5.74) is 9.25. The Morgan fingerprint density at radius 1 is 1.18 bits per heavy atom. The molecule has 0 unspecified atom stereocenters. The van der Waals surface area contributed by atoms with Gasteiger partial charge in [0.1, 0.15) is 5.75 Å². The van der Waals surface area contributed by atoms with E-state index in [0.29, 0.717) is 17.9 Å². The number of nitrogens with one attached hydrogen (secondary N) is 1. The van der Waals surface area contributed by atoms with Crippen molar-refractivity contribution in [2.75, 3.05) is 11.1 Å². The van der Waals surface area contributed by atoms with Gasteiger partial charge in [-0.2, -0.15) is 0 Å². The molecule has 0 heterocycles. The summed E-state index contributed by atoms with van der Waals surface area (Å²) in [7, 11) is 0. The van der Waals surface area contributed by atoms with Gasteiger partial charge in [-0.3, -0.25) is 4.79 Å². The van der Waals surface area contributed by atoms with E-state index in [1.165, 1.54) is 0 Å². The average Bonchev–Trinajstić information content (AvgIpc) is 2.51. The number of rotatable bonds is 5. The molecule has 22 heavy (non-hydrogen) atoms. The van der Waals surface area contributed by atoms with Crippen LogP contribution in [0.4, 0.5) is 11.4 Å². The molecular formula is C18H22N2O2. The van der Waals surface area contributed by atoms with Gasteiger partial charge in [0, 0.05) is 11.4 Å². The Bertz CT molecular complexity index is 651. The molecule has 0 saturated heterocycles. The smallest absolute Gasteiger partial charge is 0.265 e. The molecule has 0 aliphatic carbocycles. The van der Waals surface area contributed by atoms with Crippen LogP contribution >= 0.6 is 0 Å². The largest absolute Gasteiger partial charge is 0.481 e. The Labute approximate surface area is 131 Å². The number of anilines is 2. The Hall–Kier alpha value is -2.49. The summed E-state index contributed by atoms with van der Waals surface area (Å²) in [6, 6.07) is 13.1. The summed E-state index contributed by atoms with van der Waals surface area (Å²) in [6.45, 7) is 5.81. The minimum atomic E-state index is -0.538. The van der Waals surface area contributed by atoms with E-state index in [-0.39, 0.29) is 5.91 Å². The molecule has 2 aromatic rings. The molecule has 2 aromatic carbocycles. The van der Waals surface area contributed by atoms with Crippen molar-refractivity contribution in [2.24, 2.45) is 0 Å². The molecule has 0 fully saturated rings. The molecule has 0 saturated carbocycles. The number of ether oxygens (including phenoxy) is 1. The molecule has 0 radical (unpaired) electrons. The SMILES string of the molecule is CC[C@H](Oc1ccc(C)cc1)C(=O)Nc1cccc(N)c1C. The van der Waals surface area contributed by atoms with Crippen LogP contribution in [0.5, 0.6) is 5.75 Å². The lowest BCUT2D eigenvalue weighted by molar-refractivity contribution is -0.122. The lowest BCUT2D eigenvalue weighted by atomic mass is 10.1. The standard InChI is InChI=1S/C18H22N2O2/c1-4-17(22-14-10-8-12(2)9-11-14)18(21)20-16-7-5-6-15(19)13(16)3/h5-11,17H,4,19H2,1-3H3,(H,20,21)/t17-/m0/s1. The summed E-state index contributed by atoms with van der Waals surface area (Å²) >= 11 is 0. The molecule has 1 amide bonds. The highest BCUT2D eigenvalue weighted by atomic mass is 16.5. The van der Waals surface area contributed by atoms with Crippen LogP contribution in [0.25, 0.3) is 0 Å². The van der Waals surface area contributed by atoms with Crippen molar-refractivity contribution in [1.82, 2.24) is 0 Å². The van der Waals surface area contributed by atoms with E-state index >= 15 is 0 Å². The van der Waals surface area contributed by atoms with Crippen molar-refractivity contribution in [1.29, 1.82) is 0 Å². The highest BCUT2D eigenvalue weighted by molar-refractivity contribution is 5.95. The normalized spacial score (nSPS) is 11.8. The predicted molar refractivity (Wildman–Crippen MR) is 90.1 cm³/mol. The fraction of sp³-hybridized carbons (Fsp3) is 0.278. The maximum atomic E-state index is 12.4. The van der Waals surface area contributed by atoms with Gasteiger partial charge in [0.15, 0.2) is 6.10 Å². The van der Waals surface area contributed by atoms with E-state index in [9.17, 15) is 4.79 Å². The molecule has 0 aliphatic heterocycles. The van der Waals surface area contributed by atoms with Crippen molar-refractivity contribution in [3.63, 3.8) is 0 Å². The van der Waals surface area contributed by atoms with E-state index in [1.54, 1.807) is 0 Å². The second-order valence-electron chi connectivity index (χ2n) is 5.34. The van der Waals surface area contributed by atoms with E-state index < -0.39 is 6.10 Å². The van der Waals surface area contributed by atoms with Crippen molar-refractivity contribution < 1.29 is 9.53 Å². The Morgan fingerprint density at radius 3 is 2.50 bits per heavy atom. The van der Waals surface area contributed by atoms with Gasteiger partial charge in [-0.25, -0.2) is 0 Å². The fourth-order valence-electron chi connectivity index (χ4n) is 2.11. The number of nitrogen functional groups attached to an aromatic ring is 1. The Morgan fingerprint density at radius 2 is 1.86 bits per heavy atom. The highest BCUT2D eigenvalue weighted by Crippen LogP contribution is 2.21. The van der Waals surface area contributed by atoms with Crippen LogP contribution in [0.3, 0.4) is 0 Å². The second-order valence-corrected chi connectivity index (χ2v) is 5.34. The van der Waals surface area contributed by atoms with Crippen molar-refractivity contribution in [3.05, 3.63) is 53.6 Å². The average molecular weight is 298 g/mol. The number of carbonyl (C=O) groups is 1. The molecule has 2 rings (SSSR count). The predicted octanol–water partition coefficient (Wildman–Crippen LogP) is 3.68. The third kappa shape index (κ3) is 3.79. The van der Waals surface area contributed by atoms with Crippen LogP contribution < -0.4 is 15.8 Å². The zero-order valence-electron chi connectivity index (χ0n) is 13.2. The van der Waals surface area contributed by atoms with Gasteiger partial charge < -0.3 is 15.8 Å². The second kappa shape index (κ2) is 6.98. The Kier molecular flexibility index (Phi) is 5.04. The number of aryl methyl sites for hydroxylation is 1. The van der Waals surface area contributed by atoms with Crippen LogP contribution in [0.1, 0.15) is 24.5 Å². The molecule has 3 N–H and O–H groups in total. The van der Waals surface area contributed by atoms with Gasteiger partial charge in [0.25, 0.3) is 5.91 Å². The summed E-state index contributed by atoms with van der Waals surface area (Å²) in [5, 5.41) is 2.89. The first-order chi connectivity index (χ1) is 10.5. The molecule has 116 valence electrons. The minimum Gasteiger partial charge on any atom is -0.481 e. The number of amides is 1. The number of hydrogen-bond donors (Lipinski definition) is 2. The van der Waals surface area contributed by atoms with Gasteiger partial charge in [-0.15, -0.1) is 0 Å². The van der Waals surface area contributed by atoms with Crippen molar-refractivity contribution in [2.45, 2.75) is 33.3 Å². The summed E-state index contributed by atoms with van der Waals surface area (Å²) in [6.07, 6.45) is 0.0460. The molecule has 4 heteroatoms. The third-order valence-electron chi connectivity index (χ3n) is 3.60. The summed E-state index contributed by atoms with van der Waals surface area (Å²) in [5.74, 6) is 0.522. The molecule has 1 atom stereocenters. The fourth-order valence-corrected chi connectivity index (χ4v) is 2.11. The first-order valence-electron chi connectivity index (χ1n) is 7.40. The van der Waals surface area contributed by atoms with E-state index in [2.05, 4.69) is 5.32 Å². The first-order valence-corrected chi connectivity index (χ1v) is 7.40. The van der Waals surface area contributed by atoms with E-state index in [4.69, 9.17) is 10.5 Å². The number of benzene rings is 2. The van der Waals surface area contributed by atoms with E-state index in [0.717, 1.165) is 16.8 Å². The molecule has 0 bridgehead atoms. The summed E-state index contributed by atoms with van der Waals surface area (Å²) < 4.78 is 5.78. The number of hydrogen-bond acceptors (Lipinski definition) is 3. The quantitative estimate of drug-likeness (QED) is 0.828. The molecule has 4 nitrogen and oxygen atoms in total. The van der Waals surface area contributed by atoms with Gasteiger partial charge in [-0.05, 0) is 50.1 Å². The van der Waals surface area contributed by atoms with Crippen LogP contribution in [-0.4, -0.2) is 12.0 Å². The minimum absolute atomic E-state index is 0.170. The van der Waals surface area contributed by atoms with Crippen LogP contribution in [0.2, 0.25) is 0 Å². The molecule has 0 aliphatic rings. The monoisotopic (exact) mass is 298 g/mol. The van der Waals surface area contributed by atoms with Crippen molar-refractivity contribution in [3.8, 4) is 5.75 Å². The highest BCUT2D eigenvalue weighted by Gasteiger charge is 2.19. The maximum Gasteiger partial charge on any atom is 0.265 e. The Balaban J connectivity index is 2.08. The summed E-state index contributed by atoms with van der Waals surface area (Å²) in [4.78, 5) is 12.4. The van der Waals surface area contributed by atoms with Crippen LogP contribution in [-0.2, 0) is 4.79 Å². The lowest BCUT2D eigenvalue weighted by Crippen LogP contribution is -2.32. The van der Waals surface area contributed by atoms with Gasteiger partial charge >= 0.3 is 0 Å².